The van der Waals surface area contributed by atoms with Gasteiger partial charge >= 0.3 is 0 Å². The molecule has 2 atom stereocenters. The molecule has 1 heterocycles. The molecule has 1 aromatic carbocycles. The summed E-state index contributed by atoms with van der Waals surface area (Å²) in [5.74, 6) is 1.98. The molecule has 0 aliphatic heterocycles. The summed E-state index contributed by atoms with van der Waals surface area (Å²) in [5.41, 5.74) is 3.11. The van der Waals surface area contributed by atoms with Crippen LogP contribution in [-0.2, 0) is 11.2 Å². The van der Waals surface area contributed by atoms with E-state index in [0.29, 0.717) is 11.8 Å². The van der Waals surface area contributed by atoms with Gasteiger partial charge in [-0.3, -0.25) is 4.79 Å². The minimum Gasteiger partial charge on any atom is -0.440 e. The molecule has 1 aliphatic carbocycles. The van der Waals surface area contributed by atoms with Gasteiger partial charge in [-0.15, -0.1) is 0 Å². The molecule has 3 rings (SSSR count). The molecule has 1 amide bonds. The van der Waals surface area contributed by atoms with Gasteiger partial charge in [-0.1, -0.05) is 32.9 Å². The largest absolute Gasteiger partial charge is 0.440 e. The van der Waals surface area contributed by atoms with Crippen molar-refractivity contribution in [1.82, 2.24) is 10.3 Å². The van der Waals surface area contributed by atoms with Crippen LogP contribution in [0.5, 0.6) is 0 Å². The van der Waals surface area contributed by atoms with Crippen LogP contribution in [0.1, 0.15) is 44.6 Å². The lowest BCUT2D eigenvalue weighted by Crippen LogP contribution is -2.29. The number of aromatic nitrogens is 1. The topological polar surface area (TPSA) is 55.1 Å². The molecule has 4 heteroatoms. The number of benzene rings is 1. The van der Waals surface area contributed by atoms with Crippen LogP contribution in [0, 0.1) is 11.8 Å². The Labute approximate surface area is 124 Å². The van der Waals surface area contributed by atoms with Gasteiger partial charge in [0.15, 0.2) is 11.5 Å². The summed E-state index contributed by atoms with van der Waals surface area (Å²) in [7, 11) is 0. The predicted molar refractivity (Wildman–Crippen MR) is 82.1 cm³/mol. The van der Waals surface area contributed by atoms with Crippen LogP contribution in [0.25, 0.3) is 11.1 Å². The Morgan fingerprint density at radius 3 is 3.00 bits per heavy atom. The maximum Gasteiger partial charge on any atom is 0.222 e. The Balaban J connectivity index is 1.71. The van der Waals surface area contributed by atoms with Crippen LogP contribution in [-0.4, -0.2) is 17.4 Å². The molecular formula is C17H22N2O2. The van der Waals surface area contributed by atoms with Crippen molar-refractivity contribution in [3.63, 3.8) is 0 Å². The summed E-state index contributed by atoms with van der Waals surface area (Å²) >= 11 is 0. The van der Waals surface area contributed by atoms with Crippen molar-refractivity contribution in [3.05, 3.63) is 29.7 Å². The van der Waals surface area contributed by atoms with Crippen LogP contribution in [0.15, 0.2) is 22.6 Å². The molecule has 1 saturated carbocycles. The number of hydrogen-bond acceptors (Lipinski definition) is 3. The first-order chi connectivity index (χ1) is 10.1. The number of nitrogens with zero attached hydrogens (tertiary/aromatic N) is 1. The minimum absolute atomic E-state index is 0.0482. The molecule has 1 N–H and O–H groups in total. The fraction of sp³-hybridized carbons (Fsp3) is 0.529. The summed E-state index contributed by atoms with van der Waals surface area (Å²) < 4.78 is 5.86. The lowest BCUT2D eigenvalue weighted by molar-refractivity contribution is -0.124. The number of fused-ring (bicyclic) bond motifs is 1. The van der Waals surface area contributed by atoms with E-state index < -0.39 is 0 Å². The van der Waals surface area contributed by atoms with E-state index in [1.807, 2.05) is 32.9 Å². The molecule has 112 valence electrons. The summed E-state index contributed by atoms with van der Waals surface area (Å²) in [6.45, 7) is 6.64. The Morgan fingerprint density at radius 1 is 1.48 bits per heavy atom. The summed E-state index contributed by atoms with van der Waals surface area (Å²) in [5, 5.41) is 3.02. The monoisotopic (exact) mass is 286 g/mol. The SMILES string of the molecule is CCc1nc2cccc([C@@H]3C[C@H]3CNC(=O)C(C)C)c2o1. The number of oxazole rings is 1. The highest BCUT2D eigenvalue weighted by Crippen LogP contribution is 2.49. The molecule has 2 aromatic rings. The zero-order valence-electron chi connectivity index (χ0n) is 12.8. The minimum atomic E-state index is 0.0482. The van der Waals surface area contributed by atoms with Gasteiger partial charge in [-0.05, 0) is 24.3 Å². The van der Waals surface area contributed by atoms with Gasteiger partial charge in [0.2, 0.25) is 5.91 Å². The van der Waals surface area contributed by atoms with E-state index in [2.05, 4.69) is 16.4 Å². The molecule has 0 spiro atoms. The molecule has 0 saturated heterocycles. The first kappa shape index (κ1) is 14.1. The van der Waals surface area contributed by atoms with Gasteiger partial charge in [0.1, 0.15) is 5.52 Å². The number of amides is 1. The number of aryl methyl sites for hydroxylation is 1. The first-order valence-corrected chi connectivity index (χ1v) is 7.76. The molecule has 0 bridgehead atoms. The highest BCUT2D eigenvalue weighted by molar-refractivity contribution is 5.78. The van der Waals surface area contributed by atoms with Gasteiger partial charge in [0.05, 0.1) is 0 Å². The summed E-state index contributed by atoms with van der Waals surface area (Å²) in [6, 6.07) is 6.17. The van der Waals surface area contributed by atoms with Crippen LogP contribution in [0.2, 0.25) is 0 Å². The maximum absolute atomic E-state index is 11.6. The van der Waals surface area contributed by atoms with Crippen molar-refractivity contribution < 1.29 is 9.21 Å². The Hall–Kier alpha value is -1.84. The fourth-order valence-electron chi connectivity index (χ4n) is 2.75. The molecule has 21 heavy (non-hydrogen) atoms. The van der Waals surface area contributed by atoms with Crippen LogP contribution < -0.4 is 5.32 Å². The van der Waals surface area contributed by atoms with E-state index in [0.717, 1.165) is 36.4 Å². The average molecular weight is 286 g/mol. The smallest absolute Gasteiger partial charge is 0.222 e. The summed E-state index contributed by atoms with van der Waals surface area (Å²) in [6.07, 6.45) is 1.92. The highest BCUT2D eigenvalue weighted by atomic mass is 16.3. The highest BCUT2D eigenvalue weighted by Gasteiger charge is 2.40. The van der Waals surface area contributed by atoms with Crippen molar-refractivity contribution in [2.45, 2.75) is 39.5 Å². The number of nitrogens with one attached hydrogen (secondary N) is 1. The molecule has 0 unspecified atom stereocenters. The van der Waals surface area contributed by atoms with Gasteiger partial charge in [0.25, 0.3) is 0 Å². The third-order valence-electron chi connectivity index (χ3n) is 4.18. The number of rotatable bonds is 5. The molecule has 0 radical (unpaired) electrons. The quantitative estimate of drug-likeness (QED) is 0.917. The van der Waals surface area contributed by atoms with Crippen molar-refractivity contribution in [1.29, 1.82) is 0 Å². The van der Waals surface area contributed by atoms with Crippen molar-refractivity contribution in [2.75, 3.05) is 6.54 Å². The van der Waals surface area contributed by atoms with E-state index in [1.54, 1.807) is 0 Å². The molecule has 1 aliphatic rings. The molecular weight excluding hydrogens is 264 g/mol. The van der Waals surface area contributed by atoms with Crippen LogP contribution in [0.4, 0.5) is 0 Å². The third kappa shape index (κ3) is 2.80. The van der Waals surface area contributed by atoms with E-state index in [1.165, 1.54) is 5.56 Å². The fourth-order valence-corrected chi connectivity index (χ4v) is 2.75. The molecule has 4 nitrogen and oxygen atoms in total. The van der Waals surface area contributed by atoms with E-state index in [4.69, 9.17) is 4.42 Å². The van der Waals surface area contributed by atoms with Gasteiger partial charge in [-0.2, -0.15) is 0 Å². The van der Waals surface area contributed by atoms with Crippen LogP contribution in [0.3, 0.4) is 0 Å². The van der Waals surface area contributed by atoms with Gasteiger partial charge in [0, 0.05) is 24.4 Å². The Morgan fingerprint density at radius 2 is 2.29 bits per heavy atom. The number of carbonyl (C=O) groups is 1. The first-order valence-electron chi connectivity index (χ1n) is 7.76. The second kappa shape index (κ2) is 5.51. The van der Waals surface area contributed by atoms with Gasteiger partial charge in [-0.25, -0.2) is 4.98 Å². The second-order valence-corrected chi connectivity index (χ2v) is 6.16. The Kier molecular flexibility index (Phi) is 3.70. The number of hydrogen-bond donors (Lipinski definition) is 1. The number of carbonyl (C=O) groups excluding carboxylic acids is 1. The normalized spacial score (nSPS) is 21.0. The zero-order valence-corrected chi connectivity index (χ0v) is 12.8. The van der Waals surface area contributed by atoms with Crippen molar-refractivity contribution >= 4 is 17.0 Å². The lowest BCUT2D eigenvalue weighted by atomic mass is 10.1. The molecule has 1 aromatic heterocycles. The lowest BCUT2D eigenvalue weighted by Gasteiger charge is -2.07. The summed E-state index contributed by atoms with van der Waals surface area (Å²) in [4.78, 5) is 16.1. The van der Waals surface area contributed by atoms with Crippen molar-refractivity contribution in [3.8, 4) is 0 Å². The van der Waals surface area contributed by atoms with E-state index in [-0.39, 0.29) is 11.8 Å². The second-order valence-electron chi connectivity index (χ2n) is 6.16. The Bertz CT molecular complexity index is 660. The molecule has 1 fully saturated rings. The maximum atomic E-state index is 11.6. The zero-order chi connectivity index (χ0) is 15.0. The number of para-hydroxylation sites is 1. The van der Waals surface area contributed by atoms with E-state index in [9.17, 15) is 4.79 Å². The third-order valence-corrected chi connectivity index (χ3v) is 4.18. The van der Waals surface area contributed by atoms with Gasteiger partial charge < -0.3 is 9.73 Å². The predicted octanol–water partition coefficient (Wildman–Crippen LogP) is 3.27. The van der Waals surface area contributed by atoms with Crippen molar-refractivity contribution in [2.24, 2.45) is 11.8 Å². The standard InChI is InChI=1S/C17H22N2O2/c1-4-15-19-14-7-5-6-12(16(14)21-15)13-8-11(13)9-18-17(20)10(2)3/h5-7,10-11,13H,4,8-9H2,1-3H3,(H,18,20)/t11-,13+/m0/s1. The van der Waals surface area contributed by atoms with Crippen LogP contribution >= 0.6 is 0 Å². The van der Waals surface area contributed by atoms with E-state index >= 15 is 0 Å². The average Bonchev–Trinajstić information content (AvgIpc) is 3.11.